The fraction of sp³-hybridized carbons (Fsp3) is 0.0909. The number of rotatable bonds is 3. The van der Waals surface area contributed by atoms with Crippen molar-refractivity contribution in [1.82, 2.24) is 4.98 Å². The number of ketones is 1. The number of nitrogens with zero attached hydrogens (tertiary/aromatic N) is 1. The Labute approximate surface area is 96.5 Å². The van der Waals surface area contributed by atoms with Crippen LogP contribution in [0, 0.1) is 0 Å². The van der Waals surface area contributed by atoms with E-state index in [2.05, 4.69) is 4.98 Å². The second-order valence-electron chi connectivity index (χ2n) is 3.02. The van der Waals surface area contributed by atoms with Crippen LogP contribution in [0.1, 0.15) is 15.4 Å². The van der Waals surface area contributed by atoms with Crippen LogP contribution in [0.4, 0.5) is 0 Å². The molecule has 0 amide bonds. The highest BCUT2D eigenvalue weighted by atomic mass is 35.5. The predicted molar refractivity (Wildman–Crippen MR) is 61.6 cm³/mol. The van der Waals surface area contributed by atoms with Crippen LogP contribution in [-0.2, 0) is 6.42 Å². The maximum Gasteiger partial charge on any atom is 0.178 e. The van der Waals surface area contributed by atoms with Gasteiger partial charge in [0.15, 0.2) is 5.78 Å². The van der Waals surface area contributed by atoms with Crippen molar-refractivity contribution in [2.45, 2.75) is 6.42 Å². The van der Waals surface area contributed by atoms with Crippen molar-refractivity contribution in [2.75, 3.05) is 0 Å². The minimum absolute atomic E-state index is 0.0607. The number of hydrogen-bond donors (Lipinski definition) is 0. The van der Waals surface area contributed by atoms with Gasteiger partial charge in [-0.2, -0.15) is 0 Å². The molecule has 0 aromatic carbocycles. The van der Waals surface area contributed by atoms with Gasteiger partial charge in [0.05, 0.1) is 15.6 Å². The number of aromatic nitrogens is 1. The standard InChI is InChI=1S/C11H8ClNOS/c12-11-5-4-10(15-11)9(14)7-8-3-1-2-6-13-8/h1-6H,7H2. The van der Waals surface area contributed by atoms with E-state index >= 15 is 0 Å². The van der Waals surface area contributed by atoms with E-state index in [-0.39, 0.29) is 5.78 Å². The van der Waals surface area contributed by atoms with Gasteiger partial charge in [-0.1, -0.05) is 17.7 Å². The topological polar surface area (TPSA) is 30.0 Å². The molecule has 76 valence electrons. The molecule has 15 heavy (non-hydrogen) atoms. The molecule has 2 aromatic heterocycles. The van der Waals surface area contributed by atoms with E-state index in [9.17, 15) is 4.79 Å². The summed E-state index contributed by atoms with van der Waals surface area (Å²) in [4.78, 5) is 16.5. The third-order valence-corrected chi connectivity index (χ3v) is 3.19. The lowest BCUT2D eigenvalue weighted by molar-refractivity contribution is 0.0996. The van der Waals surface area contributed by atoms with Crippen molar-refractivity contribution >= 4 is 28.7 Å². The van der Waals surface area contributed by atoms with Gasteiger partial charge in [0.2, 0.25) is 0 Å². The second-order valence-corrected chi connectivity index (χ2v) is 4.74. The third kappa shape index (κ3) is 2.64. The Kier molecular flexibility index (Phi) is 3.14. The van der Waals surface area contributed by atoms with E-state index in [1.165, 1.54) is 11.3 Å². The molecule has 2 nitrogen and oxygen atoms in total. The molecule has 0 radical (unpaired) electrons. The van der Waals surface area contributed by atoms with E-state index in [0.29, 0.717) is 15.6 Å². The molecule has 4 heteroatoms. The van der Waals surface area contributed by atoms with Crippen molar-refractivity contribution in [3.8, 4) is 0 Å². The van der Waals surface area contributed by atoms with Crippen LogP contribution >= 0.6 is 22.9 Å². The fourth-order valence-electron chi connectivity index (χ4n) is 1.22. The SMILES string of the molecule is O=C(Cc1ccccn1)c1ccc(Cl)s1. The lowest BCUT2D eigenvalue weighted by atomic mass is 10.2. The molecule has 0 bridgehead atoms. The van der Waals surface area contributed by atoms with Crippen LogP contribution in [0.2, 0.25) is 4.34 Å². The zero-order valence-corrected chi connectivity index (χ0v) is 9.39. The summed E-state index contributed by atoms with van der Waals surface area (Å²) in [7, 11) is 0. The average Bonchev–Trinajstić information content (AvgIpc) is 2.66. The summed E-state index contributed by atoms with van der Waals surface area (Å²) in [6.07, 6.45) is 2.02. The molecule has 0 aliphatic carbocycles. The smallest absolute Gasteiger partial charge is 0.178 e. The van der Waals surface area contributed by atoms with E-state index in [1.807, 2.05) is 18.2 Å². The summed E-state index contributed by atoms with van der Waals surface area (Å²) >= 11 is 7.06. The van der Waals surface area contributed by atoms with E-state index in [4.69, 9.17) is 11.6 Å². The number of hydrogen-bond acceptors (Lipinski definition) is 3. The minimum Gasteiger partial charge on any atom is -0.293 e. The Morgan fingerprint density at radius 3 is 2.80 bits per heavy atom. The Bertz CT molecular complexity index is 466. The highest BCUT2D eigenvalue weighted by Crippen LogP contribution is 2.22. The predicted octanol–water partition coefficient (Wildman–Crippen LogP) is 3.22. The van der Waals surface area contributed by atoms with Gasteiger partial charge in [-0.3, -0.25) is 9.78 Å². The van der Waals surface area contributed by atoms with E-state index < -0.39 is 0 Å². The first-order valence-corrected chi connectivity index (χ1v) is 5.63. The van der Waals surface area contributed by atoms with Gasteiger partial charge in [-0.25, -0.2) is 0 Å². The molecule has 0 saturated carbocycles. The molecule has 2 aromatic rings. The quantitative estimate of drug-likeness (QED) is 0.768. The van der Waals surface area contributed by atoms with Crippen LogP contribution in [0.25, 0.3) is 0 Å². The largest absolute Gasteiger partial charge is 0.293 e. The third-order valence-electron chi connectivity index (χ3n) is 1.92. The lowest BCUT2D eigenvalue weighted by Crippen LogP contribution is -2.02. The van der Waals surface area contributed by atoms with Crippen LogP contribution < -0.4 is 0 Å². The highest BCUT2D eigenvalue weighted by Gasteiger charge is 2.09. The van der Waals surface area contributed by atoms with Crippen LogP contribution in [0.5, 0.6) is 0 Å². The maximum atomic E-state index is 11.7. The van der Waals surface area contributed by atoms with Gasteiger partial charge < -0.3 is 0 Å². The number of thiophene rings is 1. The highest BCUT2D eigenvalue weighted by molar-refractivity contribution is 7.18. The molecule has 0 aliphatic heterocycles. The average molecular weight is 238 g/mol. The van der Waals surface area contributed by atoms with Crippen LogP contribution in [0.15, 0.2) is 36.5 Å². The summed E-state index contributed by atoms with van der Waals surface area (Å²) in [5.74, 6) is 0.0607. The van der Waals surface area contributed by atoms with Gasteiger partial charge in [-0.05, 0) is 24.3 Å². The van der Waals surface area contributed by atoms with Crippen molar-refractivity contribution in [1.29, 1.82) is 0 Å². The molecular weight excluding hydrogens is 230 g/mol. The van der Waals surface area contributed by atoms with E-state index in [0.717, 1.165) is 5.69 Å². The number of carbonyl (C=O) groups excluding carboxylic acids is 1. The van der Waals surface area contributed by atoms with Crippen molar-refractivity contribution in [3.63, 3.8) is 0 Å². The lowest BCUT2D eigenvalue weighted by Gasteiger charge is -1.96. The molecule has 2 rings (SSSR count). The molecule has 0 spiro atoms. The molecule has 2 heterocycles. The molecule has 0 N–H and O–H groups in total. The summed E-state index contributed by atoms with van der Waals surface area (Å²) in [5, 5.41) is 0. The fourth-order valence-corrected chi connectivity index (χ4v) is 2.20. The van der Waals surface area contributed by atoms with Crippen molar-refractivity contribution in [3.05, 3.63) is 51.4 Å². The van der Waals surface area contributed by atoms with Gasteiger partial charge in [-0.15, -0.1) is 11.3 Å². The molecular formula is C11H8ClNOS. The summed E-state index contributed by atoms with van der Waals surface area (Å²) < 4.78 is 0.638. The number of pyridine rings is 1. The van der Waals surface area contributed by atoms with Gasteiger partial charge >= 0.3 is 0 Å². The Morgan fingerprint density at radius 1 is 1.33 bits per heavy atom. The van der Waals surface area contributed by atoms with E-state index in [1.54, 1.807) is 18.3 Å². The number of Topliss-reactive ketones (excluding diaryl/α,β-unsaturated/α-hetero) is 1. The summed E-state index contributed by atoms with van der Waals surface area (Å²) in [6.45, 7) is 0. The van der Waals surface area contributed by atoms with Crippen molar-refractivity contribution in [2.24, 2.45) is 0 Å². The monoisotopic (exact) mass is 237 g/mol. The van der Waals surface area contributed by atoms with Gasteiger partial charge in [0, 0.05) is 11.9 Å². The second kappa shape index (κ2) is 4.55. The Balaban J connectivity index is 2.11. The summed E-state index contributed by atoms with van der Waals surface area (Å²) in [6, 6.07) is 9.02. The Hall–Kier alpha value is -1.19. The van der Waals surface area contributed by atoms with Crippen LogP contribution in [0.3, 0.4) is 0 Å². The molecule has 0 saturated heterocycles. The maximum absolute atomic E-state index is 11.7. The van der Waals surface area contributed by atoms with Crippen LogP contribution in [-0.4, -0.2) is 10.8 Å². The minimum atomic E-state index is 0.0607. The van der Waals surface area contributed by atoms with Gasteiger partial charge in [0.25, 0.3) is 0 Å². The first-order chi connectivity index (χ1) is 7.25. The summed E-state index contributed by atoms with van der Waals surface area (Å²) in [5.41, 5.74) is 0.784. The number of carbonyl (C=O) groups is 1. The van der Waals surface area contributed by atoms with Gasteiger partial charge in [0.1, 0.15) is 0 Å². The zero-order valence-electron chi connectivity index (χ0n) is 7.81. The number of halogens is 1. The first kappa shape index (κ1) is 10.3. The zero-order chi connectivity index (χ0) is 10.7. The normalized spacial score (nSPS) is 10.2. The molecule has 0 atom stereocenters. The van der Waals surface area contributed by atoms with Crippen molar-refractivity contribution < 1.29 is 4.79 Å². The Morgan fingerprint density at radius 2 is 2.20 bits per heavy atom. The molecule has 0 fully saturated rings. The molecule has 0 unspecified atom stereocenters. The molecule has 0 aliphatic rings. The first-order valence-electron chi connectivity index (χ1n) is 4.44.